The maximum atomic E-state index is 12.7. The van der Waals surface area contributed by atoms with Gasteiger partial charge in [0.2, 0.25) is 0 Å². The third-order valence-corrected chi connectivity index (χ3v) is 5.75. The molecule has 2 aromatic heterocycles. The minimum Gasteiger partial charge on any atom is -0.456 e. The van der Waals surface area contributed by atoms with Gasteiger partial charge in [-0.15, -0.1) is 0 Å². The van der Waals surface area contributed by atoms with E-state index in [1.165, 1.54) is 4.57 Å². The monoisotopic (exact) mass is 477 g/mol. The average molecular weight is 478 g/mol. The Bertz CT molecular complexity index is 1130. The summed E-state index contributed by atoms with van der Waals surface area (Å²) in [5.41, 5.74) is -0.297. The van der Waals surface area contributed by atoms with Gasteiger partial charge in [0, 0.05) is 32.6 Å². The number of imidazole rings is 1. The number of rotatable bonds is 10. The summed E-state index contributed by atoms with van der Waals surface area (Å²) in [5, 5.41) is 0. The highest BCUT2D eigenvalue weighted by Gasteiger charge is 2.23. The third kappa shape index (κ3) is 6.13. The van der Waals surface area contributed by atoms with Gasteiger partial charge < -0.3 is 18.9 Å². The first-order valence-electron chi connectivity index (χ1n) is 12.0. The van der Waals surface area contributed by atoms with Crippen LogP contribution in [0.4, 0.5) is 0 Å². The summed E-state index contributed by atoms with van der Waals surface area (Å²) in [7, 11) is 0. The number of hydrogen-bond acceptors (Lipinski definition) is 7. The molecule has 11 heteroatoms. The summed E-state index contributed by atoms with van der Waals surface area (Å²) in [6, 6.07) is 0. The second-order valence-corrected chi connectivity index (χ2v) is 9.15. The number of nitrogens with one attached hydrogen (secondary N) is 1. The van der Waals surface area contributed by atoms with Gasteiger partial charge in [-0.3, -0.25) is 23.9 Å². The van der Waals surface area contributed by atoms with Crippen LogP contribution in [0.1, 0.15) is 52.8 Å². The van der Waals surface area contributed by atoms with Gasteiger partial charge in [0.05, 0.1) is 19.1 Å². The largest absolute Gasteiger partial charge is 0.456 e. The lowest BCUT2D eigenvalue weighted by atomic mass is 10.2. The Labute approximate surface area is 198 Å². The number of esters is 1. The molecule has 11 nitrogen and oxygen atoms in total. The SMILES string of the molecule is CCCCn1c(=O)[nH]c(=O)c2c1nc(CCC(=O)OCC(=O)N1CCOC(C)C1)n2CC(C)C. The highest BCUT2D eigenvalue weighted by molar-refractivity contribution is 5.81. The van der Waals surface area contributed by atoms with Gasteiger partial charge in [0.1, 0.15) is 5.82 Å². The predicted molar refractivity (Wildman–Crippen MR) is 126 cm³/mol. The molecule has 1 amide bonds. The lowest BCUT2D eigenvalue weighted by Gasteiger charge is -2.30. The van der Waals surface area contributed by atoms with Crippen LogP contribution in [-0.4, -0.2) is 68.3 Å². The van der Waals surface area contributed by atoms with E-state index in [4.69, 9.17) is 9.47 Å². The molecule has 1 unspecified atom stereocenters. The normalized spacial score (nSPS) is 16.4. The Morgan fingerprint density at radius 1 is 1.26 bits per heavy atom. The molecule has 1 atom stereocenters. The van der Waals surface area contributed by atoms with E-state index in [2.05, 4.69) is 9.97 Å². The molecule has 1 N–H and O–H groups in total. The van der Waals surface area contributed by atoms with Crippen molar-refractivity contribution in [3.63, 3.8) is 0 Å². The van der Waals surface area contributed by atoms with Gasteiger partial charge in [-0.05, 0) is 19.3 Å². The number of aromatic nitrogens is 4. The molecule has 0 aliphatic carbocycles. The van der Waals surface area contributed by atoms with Crippen LogP contribution in [0, 0.1) is 5.92 Å². The molecule has 1 aliphatic rings. The van der Waals surface area contributed by atoms with E-state index in [9.17, 15) is 19.2 Å². The molecule has 1 fully saturated rings. The number of amides is 1. The Morgan fingerprint density at radius 3 is 2.71 bits per heavy atom. The molecule has 0 bridgehead atoms. The first kappa shape index (κ1) is 25.7. The molecule has 1 aliphatic heterocycles. The smallest absolute Gasteiger partial charge is 0.330 e. The zero-order chi connectivity index (χ0) is 24.8. The van der Waals surface area contributed by atoms with Crippen molar-refractivity contribution in [2.75, 3.05) is 26.3 Å². The van der Waals surface area contributed by atoms with Gasteiger partial charge in [-0.25, -0.2) is 9.78 Å². The van der Waals surface area contributed by atoms with Crippen molar-refractivity contribution in [3.8, 4) is 0 Å². The minimum atomic E-state index is -0.518. The Morgan fingerprint density at radius 2 is 2.03 bits per heavy atom. The number of aromatic amines is 1. The van der Waals surface area contributed by atoms with Gasteiger partial charge in [0.15, 0.2) is 17.8 Å². The molecular formula is C23H35N5O6. The summed E-state index contributed by atoms with van der Waals surface area (Å²) >= 11 is 0. The van der Waals surface area contributed by atoms with Crippen molar-refractivity contribution in [2.24, 2.45) is 5.92 Å². The van der Waals surface area contributed by atoms with Crippen molar-refractivity contribution in [1.82, 2.24) is 24.0 Å². The van der Waals surface area contributed by atoms with Crippen molar-refractivity contribution >= 4 is 23.0 Å². The highest BCUT2D eigenvalue weighted by atomic mass is 16.5. The molecule has 0 aromatic carbocycles. The summed E-state index contributed by atoms with van der Waals surface area (Å²) in [6.45, 7) is 10.0. The van der Waals surface area contributed by atoms with Gasteiger partial charge >= 0.3 is 11.7 Å². The van der Waals surface area contributed by atoms with Crippen LogP contribution in [0.25, 0.3) is 11.2 Å². The Hall–Kier alpha value is -2.95. The first-order chi connectivity index (χ1) is 16.2. The van der Waals surface area contributed by atoms with Crippen molar-refractivity contribution < 1.29 is 19.1 Å². The van der Waals surface area contributed by atoms with Crippen molar-refractivity contribution in [1.29, 1.82) is 0 Å². The second kappa shape index (κ2) is 11.5. The number of aryl methyl sites for hydroxylation is 2. The molecule has 3 heterocycles. The fourth-order valence-electron chi connectivity index (χ4n) is 4.06. The van der Waals surface area contributed by atoms with Gasteiger partial charge in [-0.1, -0.05) is 27.2 Å². The van der Waals surface area contributed by atoms with Crippen LogP contribution in [-0.2, 0) is 38.6 Å². The van der Waals surface area contributed by atoms with Crippen molar-refractivity contribution in [3.05, 3.63) is 26.7 Å². The van der Waals surface area contributed by atoms with E-state index in [0.717, 1.165) is 12.8 Å². The number of nitrogens with zero attached hydrogens (tertiary/aromatic N) is 4. The average Bonchev–Trinajstić information content (AvgIpc) is 3.13. The molecule has 0 radical (unpaired) electrons. The fourth-order valence-corrected chi connectivity index (χ4v) is 4.06. The molecular weight excluding hydrogens is 442 g/mol. The lowest BCUT2D eigenvalue weighted by molar-refractivity contribution is -0.154. The lowest BCUT2D eigenvalue weighted by Crippen LogP contribution is -2.46. The number of H-pyrrole nitrogens is 1. The summed E-state index contributed by atoms with van der Waals surface area (Å²) < 4.78 is 13.9. The molecule has 1 saturated heterocycles. The second-order valence-electron chi connectivity index (χ2n) is 9.15. The number of unbranched alkanes of at least 4 members (excludes halogenated alkanes) is 1. The van der Waals surface area contributed by atoms with Crippen molar-refractivity contribution in [2.45, 2.75) is 72.6 Å². The maximum absolute atomic E-state index is 12.7. The van der Waals surface area contributed by atoms with E-state index in [1.54, 1.807) is 9.47 Å². The Balaban J connectivity index is 1.74. The molecule has 2 aromatic rings. The van der Waals surface area contributed by atoms with Crippen LogP contribution in [0.2, 0.25) is 0 Å². The van der Waals surface area contributed by atoms with Crippen LogP contribution in [0.15, 0.2) is 9.59 Å². The maximum Gasteiger partial charge on any atom is 0.330 e. The quantitative estimate of drug-likeness (QED) is 0.507. The first-order valence-corrected chi connectivity index (χ1v) is 12.0. The summed E-state index contributed by atoms with van der Waals surface area (Å²) in [4.78, 5) is 58.4. The number of ether oxygens (including phenoxy) is 2. The summed E-state index contributed by atoms with van der Waals surface area (Å²) in [5.74, 6) is -0.0144. The van der Waals surface area contributed by atoms with Crippen LogP contribution in [0.3, 0.4) is 0 Å². The molecule has 0 spiro atoms. The van der Waals surface area contributed by atoms with Gasteiger partial charge in [0.25, 0.3) is 11.5 Å². The van der Waals surface area contributed by atoms with Crippen LogP contribution < -0.4 is 11.2 Å². The van der Waals surface area contributed by atoms with Crippen LogP contribution in [0.5, 0.6) is 0 Å². The number of morpholine rings is 1. The number of carbonyl (C=O) groups is 2. The minimum absolute atomic E-state index is 0.00527. The zero-order valence-corrected chi connectivity index (χ0v) is 20.5. The molecule has 3 rings (SSSR count). The summed E-state index contributed by atoms with van der Waals surface area (Å²) in [6.07, 6.45) is 1.85. The highest BCUT2D eigenvalue weighted by Crippen LogP contribution is 2.16. The molecule has 34 heavy (non-hydrogen) atoms. The van der Waals surface area contributed by atoms with E-state index in [0.29, 0.717) is 49.8 Å². The topological polar surface area (TPSA) is 129 Å². The number of fused-ring (bicyclic) bond motifs is 1. The van der Waals surface area contributed by atoms with E-state index < -0.39 is 17.2 Å². The Kier molecular flexibility index (Phi) is 8.65. The number of carbonyl (C=O) groups excluding carboxylic acids is 2. The molecule has 188 valence electrons. The van der Waals surface area contributed by atoms with E-state index >= 15 is 0 Å². The van der Waals surface area contributed by atoms with E-state index in [1.807, 2.05) is 27.7 Å². The zero-order valence-electron chi connectivity index (χ0n) is 20.5. The standard InChI is InChI=1S/C23H35N5O6/c1-5-6-9-27-21-20(22(31)25-23(27)32)28(12-15(2)3)17(24-21)7-8-19(30)34-14-18(29)26-10-11-33-16(4)13-26/h15-16H,5-14H2,1-4H3,(H,25,31,32). The fraction of sp³-hybridized carbons (Fsp3) is 0.696. The number of hydrogen-bond donors (Lipinski definition) is 1. The van der Waals surface area contributed by atoms with Crippen LogP contribution >= 0.6 is 0 Å². The van der Waals surface area contributed by atoms with Gasteiger partial charge in [-0.2, -0.15) is 0 Å². The van der Waals surface area contributed by atoms with E-state index in [-0.39, 0.29) is 37.4 Å². The third-order valence-electron chi connectivity index (χ3n) is 5.75. The predicted octanol–water partition coefficient (Wildman–Crippen LogP) is 1.07. The molecule has 0 saturated carbocycles.